The van der Waals surface area contributed by atoms with Gasteiger partial charge in [-0.3, -0.25) is 4.79 Å². The van der Waals surface area contributed by atoms with Gasteiger partial charge in [-0.15, -0.1) is 0 Å². The van der Waals surface area contributed by atoms with Gasteiger partial charge in [0.1, 0.15) is 5.65 Å². The Morgan fingerprint density at radius 3 is 2.66 bits per heavy atom. The number of hydrogen-bond acceptors (Lipinski definition) is 7. The zero-order valence-electron chi connectivity index (χ0n) is 20.2. The molecular weight excluding hydrogens is 464 g/mol. The van der Waals surface area contributed by atoms with E-state index >= 15 is 0 Å². The summed E-state index contributed by atoms with van der Waals surface area (Å²) in [4.78, 5) is 30.5. The van der Waals surface area contributed by atoms with Gasteiger partial charge in [0.2, 0.25) is 5.91 Å². The normalized spacial score (nSPS) is 14.1. The number of ether oxygens (including phenoxy) is 2. The number of carbonyl (C=O) groups is 2. The molecule has 0 aliphatic carbocycles. The Kier molecular flexibility index (Phi) is 8.65. The Morgan fingerprint density at radius 1 is 1.17 bits per heavy atom. The minimum Gasteiger partial charge on any atom is -0.464 e. The number of amides is 1. The first-order chi connectivity index (χ1) is 17.1. The van der Waals surface area contributed by atoms with Gasteiger partial charge in [0.25, 0.3) is 0 Å². The lowest BCUT2D eigenvalue weighted by Gasteiger charge is -2.23. The summed E-state index contributed by atoms with van der Waals surface area (Å²) in [5.41, 5.74) is 3.25. The van der Waals surface area contributed by atoms with Crippen LogP contribution >= 0.6 is 11.8 Å². The van der Waals surface area contributed by atoms with E-state index in [4.69, 9.17) is 9.47 Å². The summed E-state index contributed by atoms with van der Waals surface area (Å²) in [5.74, 6) is 1.56. The lowest BCUT2D eigenvalue weighted by atomic mass is 10.1. The van der Waals surface area contributed by atoms with Crippen LogP contribution in [0.15, 0.2) is 42.6 Å². The molecule has 0 spiro atoms. The molecule has 3 aromatic rings. The minimum atomic E-state index is -0.531. The third-order valence-electron chi connectivity index (χ3n) is 6.14. The Morgan fingerprint density at radius 2 is 1.94 bits per heavy atom. The molecule has 8 nitrogen and oxygen atoms in total. The number of hydrogen-bond donors (Lipinski definition) is 2. The number of esters is 1. The van der Waals surface area contributed by atoms with Crippen molar-refractivity contribution in [2.24, 2.45) is 0 Å². The molecule has 3 heterocycles. The summed E-state index contributed by atoms with van der Waals surface area (Å²) in [6.45, 7) is 0.785. The van der Waals surface area contributed by atoms with Gasteiger partial charge in [-0.2, -0.15) is 11.8 Å². The molecule has 1 saturated heterocycles. The van der Waals surface area contributed by atoms with E-state index in [2.05, 4.69) is 15.6 Å². The largest absolute Gasteiger partial charge is 0.464 e. The third-order valence-corrected chi connectivity index (χ3v) is 7.18. The van der Waals surface area contributed by atoms with E-state index in [0.29, 0.717) is 48.8 Å². The molecule has 2 aromatic heterocycles. The second kappa shape index (κ2) is 12.1. The number of pyridine rings is 1. The topological polar surface area (TPSA) is 94.5 Å². The van der Waals surface area contributed by atoms with Gasteiger partial charge in [-0.25, -0.2) is 9.78 Å². The monoisotopic (exact) mass is 496 g/mol. The molecule has 9 heteroatoms. The van der Waals surface area contributed by atoms with Crippen molar-refractivity contribution in [1.29, 1.82) is 0 Å². The highest BCUT2D eigenvalue weighted by Gasteiger charge is 2.26. The molecule has 4 rings (SSSR count). The number of aromatic nitrogens is 2. The average Bonchev–Trinajstić information content (AvgIpc) is 3.19. The van der Waals surface area contributed by atoms with E-state index in [0.717, 1.165) is 35.6 Å². The molecule has 0 saturated carbocycles. The first-order valence-corrected chi connectivity index (χ1v) is 13.0. The standard InChI is InChI=1S/C26H32N4O4S/c1-33-13-12-30-24(26(32)34-2)23(29-22(31)9-8-18-6-4-3-5-7-18)21-16-20(17-27-25(21)30)28-19-10-14-35-15-11-19/h3-7,16-17,19,28H,8-15H2,1-2H3,(H,29,31). The molecule has 186 valence electrons. The molecule has 0 bridgehead atoms. The number of rotatable bonds is 10. The van der Waals surface area contributed by atoms with Gasteiger partial charge in [0.05, 0.1) is 31.3 Å². The fourth-order valence-electron chi connectivity index (χ4n) is 4.32. The molecular formula is C26H32N4O4S. The maximum atomic E-state index is 13.0. The van der Waals surface area contributed by atoms with E-state index in [1.807, 2.05) is 48.2 Å². The number of nitrogens with zero attached hydrogens (tertiary/aromatic N) is 2. The molecule has 35 heavy (non-hydrogen) atoms. The maximum absolute atomic E-state index is 13.0. The highest BCUT2D eigenvalue weighted by atomic mass is 32.2. The van der Waals surface area contributed by atoms with E-state index in [9.17, 15) is 9.59 Å². The van der Waals surface area contributed by atoms with Crippen LogP contribution in [-0.4, -0.2) is 59.8 Å². The van der Waals surface area contributed by atoms with Crippen LogP contribution in [0.2, 0.25) is 0 Å². The summed E-state index contributed by atoms with van der Waals surface area (Å²) in [6.07, 6.45) is 4.87. The van der Waals surface area contributed by atoms with Gasteiger partial charge < -0.3 is 24.7 Å². The highest BCUT2D eigenvalue weighted by Crippen LogP contribution is 2.33. The Labute approximate surface area is 209 Å². The van der Waals surface area contributed by atoms with Crippen molar-refractivity contribution in [3.8, 4) is 0 Å². The van der Waals surface area contributed by atoms with E-state index in [1.54, 1.807) is 17.9 Å². The van der Waals surface area contributed by atoms with Crippen molar-refractivity contribution in [2.45, 2.75) is 38.3 Å². The fourth-order valence-corrected chi connectivity index (χ4v) is 5.43. The lowest BCUT2D eigenvalue weighted by Crippen LogP contribution is -2.24. The first kappa shape index (κ1) is 25.1. The lowest BCUT2D eigenvalue weighted by molar-refractivity contribution is -0.116. The summed E-state index contributed by atoms with van der Waals surface area (Å²) in [5, 5.41) is 7.27. The number of aryl methyl sites for hydroxylation is 1. The van der Waals surface area contributed by atoms with Crippen LogP contribution in [-0.2, 0) is 27.2 Å². The van der Waals surface area contributed by atoms with Crippen molar-refractivity contribution >= 4 is 46.0 Å². The zero-order valence-corrected chi connectivity index (χ0v) is 21.0. The van der Waals surface area contributed by atoms with E-state index in [1.165, 1.54) is 7.11 Å². The average molecular weight is 497 g/mol. The van der Waals surface area contributed by atoms with Crippen LogP contribution < -0.4 is 10.6 Å². The van der Waals surface area contributed by atoms with Crippen LogP contribution in [0, 0.1) is 0 Å². The van der Waals surface area contributed by atoms with E-state index < -0.39 is 5.97 Å². The number of anilines is 2. The van der Waals surface area contributed by atoms with Crippen molar-refractivity contribution < 1.29 is 19.1 Å². The van der Waals surface area contributed by atoms with Crippen molar-refractivity contribution in [3.63, 3.8) is 0 Å². The molecule has 1 fully saturated rings. The summed E-state index contributed by atoms with van der Waals surface area (Å²) in [7, 11) is 2.94. The highest BCUT2D eigenvalue weighted by molar-refractivity contribution is 7.99. The van der Waals surface area contributed by atoms with Crippen molar-refractivity contribution in [2.75, 3.05) is 43.0 Å². The summed E-state index contributed by atoms with van der Waals surface area (Å²) < 4.78 is 12.1. The summed E-state index contributed by atoms with van der Waals surface area (Å²) in [6, 6.07) is 12.2. The molecule has 1 aliphatic rings. The third kappa shape index (κ3) is 6.15. The van der Waals surface area contributed by atoms with Gasteiger partial charge >= 0.3 is 5.97 Å². The van der Waals surface area contributed by atoms with Crippen LogP contribution in [0.3, 0.4) is 0 Å². The Bertz CT molecular complexity index is 1160. The van der Waals surface area contributed by atoms with Crippen molar-refractivity contribution in [1.82, 2.24) is 9.55 Å². The molecule has 0 unspecified atom stereocenters. The van der Waals surface area contributed by atoms with E-state index in [-0.39, 0.29) is 11.6 Å². The van der Waals surface area contributed by atoms with Gasteiger partial charge in [-0.1, -0.05) is 30.3 Å². The smallest absolute Gasteiger partial charge is 0.356 e. The minimum absolute atomic E-state index is 0.174. The molecule has 1 amide bonds. The maximum Gasteiger partial charge on any atom is 0.356 e. The van der Waals surface area contributed by atoms with Crippen LogP contribution in [0.4, 0.5) is 11.4 Å². The molecule has 0 atom stereocenters. The Balaban J connectivity index is 1.68. The molecule has 2 N–H and O–H groups in total. The first-order valence-electron chi connectivity index (χ1n) is 11.9. The number of fused-ring (bicyclic) bond motifs is 1. The van der Waals surface area contributed by atoms with Gasteiger partial charge in [0.15, 0.2) is 5.69 Å². The number of nitrogens with one attached hydrogen (secondary N) is 2. The number of thioether (sulfide) groups is 1. The van der Waals surface area contributed by atoms with Gasteiger partial charge in [-0.05, 0) is 42.4 Å². The SMILES string of the molecule is COCCn1c(C(=O)OC)c(NC(=O)CCc2ccccc2)c2cc(NC3CCSCC3)cnc21. The molecule has 1 aromatic carbocycles. The number of benzene rings is 1. The second-order valence-electron chi connectivity index (χ2n) is 8.52. The van der Waals surface area contributed by atoms with Crippen molar-refractivity contribution in [3.05, 3.63) is 53.9 Å². The quantitative estimate of drug-likeness (QED) is 0.403. The predicted molar refractivity (Wildman–Crippen MR) is 140 cm³/mol. The van der Waals surface area contributed by atoms with Crippen LogP contribution in [0.25, 0.3) is 11.0 Å². The van der Waals surface area contributed by atoms with Crippen LogP contribution in [0.1, 0.15) is 35.3 Å². The number of carbonyl (C=O) groups excluding carboxylic acids is 2. The zero-order chi connectivity index (χ0) is 24.6. The second-order valence-corrected chi connectivity index (χ2v) is 9.74. The number of methoxy groups -OCH3 is 2. The summed E-state index contributed by atoms with van der Waals surface area (Å²) >= 11 is 1.97. The predicted octanol–water partition coefficient (Wildman–Crippen LogP) is 4.35. The molecule has 0 radical (unpaired) electrons. The Hall–Kier alpha value is -3.04. The molecule has 1 aliphatic heterocycles. The van der Waals surface area contributed by atoms with Gasteiger partial charge in [0, 0.05) is 31.5 Å². The fraction of sp³-hybridized carbons (Fsp3) is 0.423. The van der Waals surface area contributed by atoms with Crippen LogP contribution in [0.5, 0.6) is 0 Å².